The van der Waals surface area contributed by atoms with Gasteiger partial charge in [0.1, 0.15) is 11.4 Å². The van der Waals surface area contributed by atoms with Gasteiger partial charge in [-0.1, -0.05) is 54.6 Å². The molecule has 3 aromatic carbocycles. The first-order valence-corrected chi connectivity index (χ1v) is 15.7. The van der Waals surface area contributed by atoms with Gasteiger partial charge in [0.15, 0.2) is 14.7 Å². The third-order valence-electron chi connectivity index (χ3n) is 7.50. The molecule has 4 saturated carbocycles. The molecule has 3 aromatic rings. The summed E-state index contributed by atoms with van der Waals surface area (Å²) < 4.78 is 43.1. The molecule has 39 heavy (non-hydrogen) atoms. The zero-order valence-corrected chi connectivity index (χ0v) is 22.9. The van der Waals surface area contributed by atoms with Gasteiger partial charge in [-0.3, -0.25) is 4.79 Å². The fourth-order valence-corrected chi connectivity index (χ4v) is 8.59. The van der Waals surface area contributed by atoms with Crippen LogP contribution in [0.4, 0.5) is 9.18 Å². The average molecular weight is 570 g/mol. The first-order chi connectivity index (χ1) is 18.8. The second-order valence-corrected chi connectivity index (χ2v) is 13.8. The number of benzene rings is 3. The smallest absolute Gasteiger partial charge is 0.427 e. The van der Waals surface area contributed by atoms with Gasteiger partial charge in [0.05, 0.1) is 10.9 Å². The molecule has 9 heteroatoms. The van der Waals surface area contributed by atoms with Crippen LogP contribution in [0.2, 0.25) is 0 Å². The highest BCUT2D eigenvalue weighted by atomic mass is 32.2. The lowest BCUT2D eigenvalue weighted by Crippen LogP contribution is -2.56. The van der Waals surface area contributed by atoms with Crippen LogP contribution in [-0.4, -0.2) is 32.0 Å². The molecule has 0 N–H and O–H groups in total. The van der Waals surface area contributed by atoms with Gasteiger partial charge in [0.2, 0.25) is 6.01 Å². The van der Waals surface area contributed by atoms with Gasteiger partial charge in [0.25, 0.3) is 0 Å². The number of hydrogen-bond donors (Lipinski definition) is 0. The summed E-state index contributed by atoms with van der Waals surface area (Å²) >= 11 is 0. The van der Waals surface area contributed by atoms with Crippen molar-refractivity contribution < 1.29 is 31.3 Å². The molecule has 7 rings (SSSR count). The van der Waals surface area contributed by atoms with Crippen LogP contribution in [0.15, 0.2) is 106 Å². The van der Waals surface area contributed by atoms with E-state index in [-0.39, 0.29) is 28.5 Å². The van der Waals surface area contributed by atoms with Crippen LogP contribution < -0.4 is 0 Å². The molecule has 4 aliphatic carbocycles. The van der Waals surface area contributed by atoms with Crippen molar-refractivity contribution in [3.05, 3.63) is 91.0 Å². The molecule has 4 fully saturated rings. The second kappa shape index (κ2) is 11.5. The first-order valence-electron chi connectivity index (χ1n) is 12.9. The highest BCUT2D eigenvalue weighted by Crippen LogP contribution is 2.55. The van der Waals surface area contributed by atoms with Gasteiger partial charge in [-0.15, -0.1) is 0 Å². The topological polar surface area (TPSA) is 86.7 Å². The Morgan fingerprint density at radius 3 is 1.64 bits per heavy atom. The highest BCUT2D eigenvalue weighted by Gasteiger charge is 2.57. The molecule has 2 unspecified atom stereocenters. The Balaban J connectivity index is 0.000000158. The molecule has 204 valence electrons. The number of carbonyl (C=O) groups excluding carboxylic acids is 2. The lowest BCUT2D eigenvalue weighted by Gasteiger charge is -2.54. The summed E-state index contributed by atoms with van der Waals surface area (Å²) in [4.78, 5) is 27.6. The fourth-order valence-electron chi connectivity index (χ4n) is 6.20. The van der Waals surface area contributed by atoms with E-state index in [1.165, 1.54) is 14.7 Å². The number of Topliss-reactive ketones (excluding diaryl/α,β-unsaturated/α-hetero) is 1. The molecule has 0 radical (unpaired) electrons. The molecule has 0 saturated heterocycles. The SMILES string of the molecule is O=C(OC12CC3CC(C1)C(=O)C(C3)C2)OS(=O)(=O)CF.c1ccc([S+](c2ccccc2)c2ccccc2)cc1. The number of ketones is 1. The average Bonchev–Trinajstić information content (AvgIpc) is 2.93. The van der Waals surface area contributed by atoms with E-state index < -0.39 is 27.9 Å². The maximum Gasteiger partial charge on any atom is 0.524 e. The van der Waals surface area contributed by atoms with Gasteiger partial charge in [-0.2, -0.15) is 8.42 Å². The van der Waals surface area contributed by atoms with Crippen LogP contribution in [-0.2, 0) is 34.7 Å². The summed E-state index contributed by atoms with van der Waals surface area (Å²) in [5.74, 6) is 0.347. The van der Waals surface area contributed by atoms with Crippen LogP contribution in [0, 0.1) is 17.8 Å². The van der Waals surface area contributed by atoms with E-state index in [1.54, 1.807) is 0 Å². The van der Waals surface area contributed by atoms with Crippen molar-refractivity contribution in [2.75, 3.05) is 6.01 Å². The quantitative estimate of drug-likeness (QED) is 0.196. The van der Waals surface area contributed by atoms with E-state index in [9.17, 15) is 22.4 Å². The van der Waals surface area contributed by atoms with Crippen molar-refractivity contribution >= 4 is 33.0 Å². The first kappa shape index (κ1) is 27.4. The van der Waals surface area contributed by atoms with E-state index in [0.717, 1.165) is 12.8 Å². The molecule has 6 nitrogen and oxygen atoms in total. The third kappa shape index (κ3) is 6.36. The monoisotopic (exact) mass is 569 g/mol. The van der Waals surface area contributed by atoms with Gasteiger partial charge in [-0.05, 0) is 74.4 Å². The maximum absolute atomic E-state index is 12.1. The van der Waals surface area contributed by atoms with Crippen molar-refractivity contribution in [2.45, 2.75) is 52.4 Å². The number of ether oxygens (including phenoxy) is 1. The number of hydrogen-bond acceptors (Lipinski definition) is 6. The molecule has 0 heterocycles. The molecule has 0 aromatic heterocycles. The van der Waals surface area contributed by atoms with E-state index in [4.69, 9.17) is 4.74 Å². The van der Waals surface area contributed by atoms with Crippen molar-refractivity contribution in [2.24, 2.45) is 17.8 Å². The summed E-state index contributed by atoms with van der Waals surface area (Å²) in [5, 5.41) is 0. The van der Waals surface area contributed by atoms with Gasteiger partial charge in [0, 0.05) is 11.8 Å². The Kier molecular flexibility index (Phi) is 8.09. The highest BCUT2D eigenvalue weighted by molar-refractivity contribution is 7.97. The number of halogens is 1. The molecule has 0 spiro atoms. The van der Waals surface area contributed by atoms with E-state index in [2.05, 4.69) is 95.2 Å². The second-order valence-electron chi connectivity index (χ2n) is 10.3. The Bertz CT molecular complexity index is 1290. The number of carbonyl (C=O) groups is 2. The van der Waals surface area contributed by atoms with Crippen molar-refractivity contribution in [3.63, 3.8) is 0 Å². The fraction of sp³-hybridized carbons (Fsp3) is 0.333. The predicted octanol–water partition coefficient (Wildman–Crippen LogP) is 6.33. The van der Waals surface area contributed by atoms with Crippen LogP contribution in [0.5, 0.6) is 0 Å². The molecule has 4 aliphatic rings. The van der Waals surface area contributed by atoms with E-state index in [0.29, 0.717) is 25.2 Å². The summed E-state index contributed by atoms with van der Waals surface area (Å²) in [7, 11) is -4.54. The van der Waals surface area contributed by atoms with Crippen LogP contribution >= 0.6 is 0 Å². The summed E-state index contributed by atoms with van der Waals surface area (Å²) in [6, 6.07) is 30.4. The Morgan fingerprint density at radius 1 is 0.795 bits per heavy atom. The number of rotatable bonds is 6. The van der Waals surface area contributed by atoms with Crippen molar-refractivity contribution in [1.82, 2.24) is 0 Å². The minimum Gasteiger partial charge on any atom is -0.427 e. The summed E-state index contributed by atoms with van der Waals surface area (Å²) in [5.41, 5.74) is -0.812. The van der Waals surface area contributed by atoms with Crippen molar-refractivity contribution in [3.8, 4) is 0 Å². The molecular weight excluding hydrogens is 539 g/mol. The third-order valence-corrected chi connectivity index (χ3v) is 10.4. The minimum atomic E-state index is -4.52. The lowest BCUT2D eigenvalue weighted by molar-refractivity contribution is -0.164. The predicted molar refractivity (Wildman–Crippen MR) is 145 cm³/mol. The lowest BCUT2D eigenvalue weighted by atomic mass is 9.53. The Hall–Kier alpha value is -3.17. The van der Waals surface area contributed by atoms with E-state index in [1.807, 2.05) is 0 Å². The summed E-state index contributed by atoms with van der Waals surface area (Å²) in [6.07, 6.45) is 1.71. The molecule has 0 amide bonds. The Labute approximate surface area is 231 Å². The number of alkyl halides is 1. The summed E-state index contributed by atoms with van der Waals surface area (Å²) in [6.45, 7) is 0. The minimum absolute atomic E-state index is 0.0146. The Morgan fingerprint density at radius 2 is 1.23 bits per heavy atom. The van der Waals surface area contributed by atoms with Crippen LogP contribution in [0.1, 0.15) is 32.1 Å². The molecule has 0 aliphatic heterocycles. The van der Waals surface area contributed by atoms with Crippen molar-refractivity contribution in [1.29, 1.82) is 0 Å². The van der Waals surface area contributed by atoms with E-state index >= 15 is 0 Å². The zero-order chi connectivity index (χ0) is 27.5. The van der Waals surface area contributed by atoms with Gasteiger partial charge in [-0.25, -0.2) is 9.18 Å². The largest absolute Gasteiger partial charge is 0.524 e. The maximum atomic E-state index is 12.1. The normalized spacial score (nSPS) is 25.1. The zero-order valence-electron chi connectivity index (χ0n) is 21.3. The van der Waals surface area contributed by atoms with Crippen LogP contribution in [0.25, 0.3) is 0 Å². The van der Waals surface area contributed by atoms with Gasteiger partial charge >= 0.3 is 16.3 Å². The molecular formula is C30H30FO6S2+. The molecule has 2 atom stereocenters. The molecule has 4 bridgehead atoms. The standard InChI is InChI=1S/C18H15S.C12H15FO6S/c1-4-10-16(11-5-1)19(17-12-6-2-7-13-17)18-14-8-3-9-15-18;13-6-20(16,17)19-11(15)18-12-3-7-1-8(4-12)10(14)9(2-7)5-12/h1-15H;7-9H,1-6H2/q+1;. The van der Waals surface area contributed by atoms with Crippen LogP contribution in [0.3, 0.4) is 0 Å². The van der Waals surface area contributed by atoms with Gasteiger partial charge < -0.3 is 8.92 Å².